The van der Waals surface area contributed by atoms with Gasteiger partial charge in [0.15, 0.2) is 11.5 Å². The zero-order chi connectivity index (χ0) is 17.5. The van der Waals surface area contributed by atoms with Gasteiger partial charge in [-0.25, -0.2) is 0 Å². The Bertz CT molecular complexity index is 558. The lowest BCUT2D eigenvalue weighted by Crippen LogP contribution is -2.41. The molecule has 142 valence electrons. The van der Waals surface area contributed by atoms with Gasteiger partial charge in [0, 0.05) is 32.0 Å². The van der Waals surface area contributed by atoms with Crippen LogP contribution in [0.25, 0.3) is 0 Å². The van der Waals surface area contributed by atoms with E-state index in [-0.39, 0.29) is 24.4 Å². The Kier molecular flexibility index (Phi) is 8.99. The lowest BCUT2D eigenvalue weighted by atomic mass is 10.1. The van der Waals surface area contributed by atoms with Gasteiger partial charge in [0.25, 0.3) is 5.91 Å². The summed E-state index contributed by atoms with van der Waals surface area (Å²) >= 11 is 0. The van der Waals surface area contributed by atoms with Gasteiger partial charge in [0.2, 0.25) is 0 Å². The Morgan fingerprint density at radius 3 is 2.52 bits per heavy atom. The highest BCUT2D eigenvalue weighted by Crippen LogP contribution is 2.32. The number of nitrogens with two attached hydrogens (primary N) is 1. The molecule has 0 radical (unpaired) electrons. The first-order valence-electron chi connectivity index (χ1n) is 8.02. The molecule has 1 amide bonds. The van der Waals surface area contributed by atoms with Crippen molar-refractivity contribution in [2.24, 2.45) is 5.73 Å². The van der Waals surface area contributed by atoms with Gasteiger partial charge < -0.3 is 29.6 Å². The molecule has 2 rings (SSSR count). The molecule has 0 unspecified atom stereocenters. The predicted octanol–water partition coefficient (Wildman–Crippen LogP) is 1.61. The number of carbonyl (C=O) groups is 1. The van der Waals surface area contributed by atoms with Gasteiger partial charge in [0.05, 0.1) is 26.9 Å². The van der Waals surface area contributed by atoms with E-state index < -0.39 is 6.10 Å². The molecular weight excluding hydrogens is 348 g/mol. The number of methoxy groups -OCH3 is 3. The number of halogens is 1. The summed E-state index contributed by atoms with van der Waals surface area (Å²) in [4.78, 5) is 14.6. The molecule has 1 aromatic rings. The Morgan fingerprint density at radius 2 is 1.96 bits per heavy atom. The van der Waals surface area contributed by atoms with E-state index in [1.54, 1.807) is 38.4 Å². The van der Waals surface area contributed by atoms with Crippen molar-refractivity contribution in [2.45, 2.75) is 25.0 Å². The number of hydrogen-bond donors (Lipinski definition) is 1. The Labute approximate surface area is 154 Å². The third-order valence-electron chi connectivity index (χ3n) is 4.11. The molecule has 1 aromatic carbocycles. The van der Waals surface area contributed by atoms with Crippen molar-refractivity contribution in [1.29, 1.82) is 0 Å². The summed E-state index contributed by atoms with van der Waals surface area (Å²) in [7, 11) is 4.74. The van der Waals surface area contributed by atoms with Crippen LogP contribution in [-0.4, -0.2) is 59.1 Å². The average molecular weight is 375 g/mol. The molecule has 8 heteroatoms. The van der Waals surface area contributed by atoms with Crippen LogP contribution in [0, 0.1) is 0 Å². The molecule has 0 aromatic heterocycles. The van der Waals surface area contributed by atoms with Crippen LogP contribution < -0.4 is 20.1 Å². The highest BCUT2D eigenvalue weighted by Gasteiger charge is 2.33. The van der Waals surface area contributed by atoms with Crippen LogP contribution in [0.4, 0.5) is 5.69 Å². The van der Waals surface area contributed by atoms with Crippen molar-refractivity contribution in [3.8, 4) is 11.5 Å². The SMILES string of the molecule is COCCN(C(=O)[C@@H]1CC[C@H](CN)O1)c1ccc(OC)c(OC)c1.Cl. The predicted molar refractivity (Wildman–Crippen MR) is 98.0 cm³/mol. The normalized spacial score (nSPS) is 19.2. The third-order valence-corrected chi connectivity index (χ3v) is 4.11. The van der Waals surface area contributed by atoms with E-state index in [1.807, 2.05) is 6.07 Å². The van der Waals surface area contributed by atoms with Crippen LogP contribution in [0.3, 0.4) is 0 Å². The van der Waals surface area contributed by atoms with Gasteiger partial charge in [-0.05, 0) is 25.0 Å². The molecule has 0 saturated carbocycles. The molecule has 7 nitrogen and oxygen atoms in total. The number of nitrogens with zero attached hydrogens (tertiary/aromatic N) is 1. The van der Waals surface area contributed by atoms with Gasteiger partial charge in [0.1, 0.15) is 6.10 Å². The van der Waals surface area contributed by atoms with Crippen LogP contribution in [0.1, 0.15) is 12.8 Å². The van der Waals surface area contributed by atoms with Crippen LogP contribution in [0.5, 0.6) is 11.5 Å². The number of ether oxygens (including phenoxy) is 4. The number of amides is 1. The van der Waals surface area contributed by atoms with Crippen LogP contribution in [0.15, 0.2) is 18.2 Å². The summed E-state index contributed by atoms with van der Waals surface area (Å²) < 4.78 is 21.5. The molecule has 0 bridgehead atoms. The van der Waals surface area contributed by atoms with Crippen LogP contribution >= 0.6 is 12.4 Å². The van der Waals surface area contributed by atoms with Gasteiger partial charge >= 0.3 is 0 Å². The second kappa shape index (κ2) is 10.5. The van der Waals surface area contributed by atoms with E-state index in [1.165, 1.54) is 0 Å². The largest absolute Gasteiger partial charge is 0.493 e. The van der Waals surface area contributed by atoms with Gasteiger partial charge in [-0.3, -0.25) is 4.79 Å². The standard InChI is InChI=1S/C17H26N2O5.ClH/c1-21-9-8-19(17(20)15-7-5-13(11-18)24-15)12-4-6-14(22-2)16(10-12)23-3;/h4,6,10,13,15H,5,7-9,11,18H2,1-3H3;1H/t13-,15+;/m1./s1. The summed E-state index contributed by atoms with van der Waals surface area (Å²) in [5, 5.41) is 0. The monoisotopic (exact) mass is 374 g/mol. The van der Waals surface area contributed by atoms with Crippen molar-refractivity contribution >= 4 is 24.0 Å². The first-order chi connectivity index (χ1) is 11.6. The molecule has 2 atom stereocenters. The number of rotatable bonds is 8. The van der Waals surface area contributed by atoms with Gasteiger partial charge in [-0.2, -0.15) is 0 Å². The van der Waals surface area contributed by atoms with Gasteiger partial charge in [-0.15, -0.1) is 12.4 Å². The van der Waals surface area contributed by atoms with Gasteiger partial charge in [-0.1, -0.05) is 0 Å². The Morgan fingerprint density at radius 1 is 1.24 bits per heavy atom. The van der Waals surface area contributed by atoms with E-state index in [0.29, 0.717) is 37.6 Å². The molecule has 25 heavy (non-hydrogen) atoms. The number of benzene rings is 1. The van der Waals surface area contributed by atoms with Crippen molar-refractivity contribution < 1.29 is 23.7 Å². The summed E-state index contributed by atoms with van der Waals surface area (Å²) in [6.07, 6.45) is 0.964. The minimum atomic E-state index is -0.469. The van der Waals surface area contributed by atoms with Crippen molar-refractivity contribution in [2.75, 3.05) is 45.9 Å². The first kappa shape index (κ1) is 21.5. The maximum atomic E-state index is 12.9. The summed E-state index contributed by atoms with van der Waals surface area (Å²) in [6, 6.07) is 5.38. The lowest BCUT2D eigenvalue weighted by Gasteiger charge is -2.26. The minimum Gasteiger partial charge on any atom is -0.493 e. The molecular formula is C17H27ClN2O5. The smallest absolute Gasteiger partial charge is 0.256 e. The van der Waals surface area contributed by atoms with Crippen LogP contribution in [0.2, 0.25) is 0 Å². The van der Waals surface area contributed by atoms with E-state index in [2.05, 4.69) is 0 Å². The Balaban J connectivity index is 0.00000312. The fourth-order valence-corrected chi connectivity index (χ4v) is 2.78. The number of hydrogen-bond acceptors (Lipinski definition) is 6. The quantitative estimate of drug-likeness (QED) is 0.744. The second-order valence-corrected chi connectivity index (χ2v) is 5.58. The fourth-order valence-electron chi connectivity index (χ4n) is 2.78. The molecule has 1 saturated heterocycles. The molecule has 0 aliphatic carbocycles. The highest BCUT2D eigenvalue weighted by atomic mass is 35.5. The van der Waals surface area contributed by atoms with Crippen molar-refractivity contribution in [1.82, 2.24) is 0 Å². The molecule has 1 aliphatic heterocycles. The molecule has 1 fully saturated rings. The van der Waals surface area contributed by atoms with Crippen LogP contribution in [-0.2, 0) is 14.3 Å². The number of anilines is 1. The van der Waals surface area contributed by atoms with E-state index in [4.69, 9.17) is 24.7 Å². The average Bonchev–Trinajstić information content (AvgIpc) is 3.10. The zero-order valence-corrected chi connectivity index (χ0v) is 15.7. The van der Waals surface area contributed by atoms with Crippen molar-refractivity contribution in [3.05, 3.63) is 18.2 Å². The van der Waals surface area contributed by atoms with E-state index in [0.717, 1.165) is 12.1 Å². The summed E-state index contributed by atoms with van der Waals surface area (Å²) in [5.74, 6) is 1.09. The van der Waals surface area contributed by atoms with E-state index >= 15 is 0 Å². The highest BCUT2D eigenvalue weighted by molar-refractivity contribution is 5.97. The lowest BCUT2D eigenvalue weighted by molar-refractivity contribution is -0.129. The third kappa shape index (κ3) is 5.22. The molecule has 1 aliphatic rings. The fraction of sp³-hybridized carbons (Fsp3) is 0.588. The summed E-state index contributed by atoms with van der Waals surface area (Å²) in [5.41, 5.74) is 6.35. The maximum absolute atomic E-state index is 12.9. The molecule has 2 N–H and O–H groups in total. The van der Waals surface area contributed by atoms with E-state index in [9.17, 15) is 4.79 Å². The minimum absolute atomic E-state index is 0. The molecule has 0 spiro atoms. The Hall–Kier alpha value is -1.54. The summed E-state index contributed by atoms with van der Waals surface area (Å²) in [6.45, 7) is 1.28. The van der Waals surface area contributed by atoms with Crippen molar-refractivity contribution in [3.63, 3.8) is 0 Å². The zero-order valence-electron chi connectivity index (χ0n) is 14.9. The topological polar surface area (TPSA) is 83.3 Å². The molecule has 1 heterocycles. The number of carbonyl (C=O) groups excluding carboxylic acids is 1. The maximum Gasteiger partial charge on any atom is 0.256 e. The first-order valence-corrected chi connectivity index (χ1v) is 8.02. The second-order valence-electron chi connectivity index (χ2n) is 5.58.